The zero-order valence-electron chi connectivity index (χ0n) is 9.93. The predicted molar refractivity (Wildman–Crippen MR) is 73.3 cm³/mol. The van der Waals surface area contributed by atoms with Crippen LogP contribution in [0.25, 0.3) is 0 Å². The number of halogens is 1. The van der Waals surface area contributed by atoms with Crippen molar-refractivity contribution in [3.05, 3.63) is 28.7 Å². The van der Waals surface area contributed by atoms with E-state index in [9.17, 15) is 9.00 Å². The van der Waals surface area contributed by atoms with Gasteiger partial charge in [0, 0.05) is 23.0 Å². The standard InChI is InChI=1S/C12H13BrN2O2S/c1-15(7-3-6-14)12(16)9-18(17)11-5-2-4-10(13)8-11/h2,4-5,8H,3,7,9H2,1H3. The van der Waals surface area contributed by atoms with Crippen molar-refractivity contribution in [3.63, 3.8) is 0 Å². The van der Waals surface area contributed by atoms with E-state index in [2.05, 4.69) is 15.9 Å². The van der Waals surface area contributed by atoms with Crippen LogP contribution < -0.4 is 0 Å². The SMILES string of the molecule is CN(CCC#N)C(=O)CS(=O)c1cccc(Br)c1. The van der Waals surface area contributed by atoms with Crippen LogP contribution >= 0.6 is 15.9 Å². The van der Waals surface area contributed by atoms with Gasteiger partial charge in [0.2, 0.25) is 5.91 Å². The summed E-state index contributed by atoms with van der Waals surface area (Å²) >= 11 is 3.29. The maximum absolute atomic E-state index is 12.0. The van der Waals surface area contributed by atoms with Crippen molar-refractivity contribution >= 4 is 32.6 Å². The Balaban J connectivity index is 2.60. The summed E-state index contributed by atoms with van der Waals surface area (Å²) in [5, 5.41) is 8.43. The van der Waals surface area contributed by atoms with Crippen molar-refractivity contribution in [2.24, 2.45) is 0 Å². The lowest BCUT2D eigenvalue weighted by Crippen LogP contribution is -2.31. The number of rotatable bonds is 5. The van der Waals surface area contributed by atoms with Gasteiger partial charge < -0.3 is 4.90 Å². The highest BCUT2D eigenvalue weighted by Gasteiger charge is 2.14. The van der Waals surface area contributed by atoms with Crippen molar-refractivity contribution < 1.29 is 9.00 Å². The zero-order chi connectivity index (χ0) is 13.5. The van der Waals surface area contributed by atoms with E-state index in [4.69, 9.17) is 5.26 Å². The van der Waals surface area contributed by atoms with Gasteiger partial charge in [-0.15, -0.1) is 0 Å². The molecule has 96 valence electrons. The lowest BCUT2D eigenvalue weighted by molar-refractivity contribution is -0.127. The molecule has 0 N–H and O–H groups in total. The van der Waals surface area contributed by atoms with Gasteiger partial charge in [-0.3, -0.25) is 9.00 Å². The number of carbonyl (C=O) groups is 1. The first kappa shape index (κ1) is 14.9. The molecule has 0 aliphatic heterocycles. The molecule has 0 heterocycles. The minimum absolute atomic E-state index is 0.0572. The zero-order valence-corrected chi connectivity index (χ0v) is 12.3. The Bertz CT molecular complexity index is 499. The Labute approximate surface area is 117 Å². The van der Waals surface area contributed by atoms with E-state index >= 15 is 0 Å². The molecule has 6 heteroatoms. The normalized spacial score (nSPS) is 11.6. The van der Waals surface area contributed by atoms with Crippen molar-refractivity contribution in [2.45, 2.75) is 11.3 Å². The molecule has 0 saturated carbocycles. The number of nitriles is 1. The number of amides is 1. The highest BCUT2D eigenvalue weighted by Crippen LogP contribution is 2.15. The average Bonchev–Trinajstić information content (AvgIpc) is 2.35. The maximum atomic E-state index is 12.0. The Hall–Kier alpha value is -1.19. The Morgan fingerprint density at radius 1 is 1.56 bits per heavy atom. The van der Waals surface area contributed by atoms with Crippen LogP contribution in [0.3, 0.4) is 0 Å². The van der Waals surface area contributed by atoms with Crippen LogP contribution in [0.4, 0.5) is 0 Å². The van der Waals surface area contributed by atoms with E-state index in [0.29, 0.717) is 11.4 Å². The van der Waals surface area contributed by atoms with Gasteiger partial charge in [0.1, 0.15) is 5.75 Å². The smallest absolute Gasteiger partial charge is 0.235 e. The maximum Gasteiger partial charge on any atom is 0.235 e. The number of nitrogens with zero attached hydrogens (tertiary/aromatic N) is 2. The third-order valence-electron chi connectivity index (χ3n) is 2.30. The average molecular weight is 329 g/mol. The van der Waals surface area contributed by atoms with Crippen LogP contribution in [-0.4, -0.2) is 34.4 Å². The van der Waals surface area contributed by atoms with Gasteiger partial charge in [0.15, 0.2) is 0 Å². The predicted octanol–water partition coefficient (Wildman–Crippen LogP) is 1.93. The summed E-state index contributed by atoms with van der Waals surface area (Å²) in [6, 6.07) is 9.04. The first-order valence-electron chi connectivity index (χ1n) is 5.29. The molecule has 0 saturated heterocycles. The second kappa shape index (κ2) is 7.29. The molecule has 1 aromatic carbocycles. The van der Waals surface area contributed by atoms with Crippen LogP contribution in [0.2, 0.25) is 0 Å². The summed E-state index contributed by atoms with van der Waals surface area (Å²) in [7, 11) is 0.255. The topological polar surface area (TPSA) is 61.2 Å². The molecule has 0 radical (unpaired) electrons. The van der Waals surface area contributed by atoms with E-state index in [1.165, 1.54) is 4.90 Å². The molecule has 4 nitrogen and oxygen atoms in total. The third-order valence-corrected chi connectivity index (χ3v) is 4.08. The first-order chi connectivity index (χ1) is 8.54. The Morgan fingerprint density at radius 2 is 2.28 bits per heavy atom. The number of hydrogen-bond donors (Lipinski definition) is 0. The minimum atomic E-state index is -1.35. The molecule has 0 bridgehead atoms. The summed E-state index contributed by atoms with van der Waals surface area (Å²) < 4.78 is 12.8. The van der Waals surface area contributed by atoms with E-state index in [1.807, 2.05) is 12.1 Å². The molecule has 1 rings (SSSR count). The van der Waals surface area contributed by atoms with Crippen LogP contribution in [-0.2, 0) is 15.6 Å². The fraction of sp³-hybridized carbons (Fsp3) is 0.333. The minimum Gasteiger partial charge on any atom is -0.344 e. The fourth-order valence-corrected chi connectivity index (χ4v) is 2.91. The second-order valence-corrected chi connectivity index (χ2v) is 6.04. The van der Waals surface area contributed by atoms with E-state index in [0.717, 1.165) is 4.47 Å². The largest absolute Gasteiger partial charge is 0.344 e. The van der Waals surface area contributed by atoms with Gasteiger partial charge in [-0.1, -0.05) is 22.0 Å². The lowest BCUT2D eigenvalue weighted by Gasteiger charge is -2.14. The summed E-state index contributed by atoms with van der Waals surface area (Å²) in [5.74, 6) is -0.276. The van der Waals surface area contributed by atoms with Crippen molar-refractivity contribution in [2.75, 3.05) is 19.3 Å². The molecular weight excluding hydrogens is 316 g/mol. The van der Waals surface area contributed by atoms with Crippen LogP contribution in [0.5, 0.6) is 0 Å². The van der Waals surface area contributed by atoms with Gasteiger partial charge >= 0.3 is 0 Å². The van der Waals surface area contributed by atoms with E-state index in [-0.39, 0.29) is 18.1 Å². The Morgan fingerprint density at radius 3 is 2.89 bits per heavy atom. The van der Waals surface area contributed by atoms with Gasteiger partial charge in [0.25, 0.3) is 0 Å². The summed E-state index contributed by atoms with van der Waals surface area (Å²) in [6.07, 6.45) is 0.283. The van der Waals surface area contributed by atoms with E-state index in [1.54, 1.807) is 25.2 Å². The molecule has 0 fully saturated rings. The highest BCUT2D eigenvalue weighted by molar-refractivity contribution is 9.10. The number of hydrogen-bond acceptors (Lipinski definition) is 3. The molecule has 18 heavy (non-hydrogen) atoms. The molecule has 0 aromatic heterocycles. The lowest BCUT2D eigenvalue weighted by atomic mass is 10.4. The van der Waals surface area contributed by atoms with Crippen LogP contribution in [0, 0.1) is 11.3 Å². The first-order valence-corrected chi connectivity index (χ1v) is 7.40. The number of carbonyl (C=O) groups excluding carboxylic acids is 1. The number of benzene rings is 1. The molecule has 1 aromatic rings. The van der Waals surface area contributed by atoms with Gasteiger partial charge in [-0.25, -0.2) is 0 Å². The molecule has 1 unspecified atom stereocenters. The summed E-state index contributed by atoms with van der Waals surface area (Å²) in [5.41, 5.74) is 0. The summed E-state index contributed by atoms with van der Waals surface area (Å²) in [4.78, 5) is 13.8. The molecule has 1 amide bonds. The van der Waals surface area contributed by atoms with Gasteiger partial charge in [-0.05, 0) is 18.2 Å². The molecule has 0 aliphatic rings. The second-order valence-electron chi connectivity index (χ2n) is 3.67. The van der Waals surface area contributed by atoms with Crippen LogP contribution in [0.15, 0.2) is 33.6 Å². The highest BCUT2D eigenvalue weighted by atomic mass is 79.9. The molecule has 0 spiro atoms. The van der Waals surface area contributed by atoms with E-state index < -0.39 is 10.8 Å². The van der Waals surface area contributed by atoms with Gasteiger partial charge in [-0.2, -0.15) is 5.26 Å². The van der Waals surface area contributed by atoms with Crippen molar-refractivity contribution in [1.82, 2.24) is 4.90 Å². The summed E-state index contributed by atoms with van der Waals surface area (Å²) in [6.45, 7) is 0.366. The third kappa shape index (κ3) is 4.59. The quantitative estimate of drug-likeness (QED) is 0.829. The fourth-order valence-electron chi connectivity index (χ4n) is 1.26. The molecule has 1 atom stereocenters. The van der Waals surface area contributed by atoms with Crippen molar-refractivity contribution in [3.8, 4) is 6.07 Å². The van der Waals surface area contributed by atoms with Gasteiger partial charge in [0.05, 0.1) is 23.3 Å². The monoisotopic (exact) mass is 328 g/mol. The van der Waals surface area contributed by atoms with Crippen molar-refractivity contribution in [1.29, 1.82) is 5.26 Å². The molecular formula is C12H13BrN2O2S. The molecule has 0 aliphatic carbocycles. The Kier molecular flexibility index (Phi) is 6.02. The van der Waals surface area contributed by atoms with Crippen LogP contribution in [0.1, 0.15) is 6.42 Å².